The Balaban J connectivity index is 2.01. The molecule has 2 heterocycles. The number of thioether (sulfide) groups is 1. The van der Waals surface area contributed by atoms with Crippen LogP contribution in [0.15, 0.2) is 23.2 Å². The van der Waals surface area contributed by atoms with Gasteiger partial charge in [0.1, 0.15) is 0 Å². The van der Waals surface area contributed by atoms with Crippen LogP contribution in [0.2, 0.25) is 0 Å². The molecule has 2 aliphatic rings. The number of nitrogens with zero attached hydrogens (tertiary/aromatic N) is 2. The number of hydrogen-bond donors (Lipinski definition) is 0. The molecule has 0 bridgehead atoms. The van der Waals surface area contributed by atoms with Crippen molar-refractivity contribution < 1.29 is 13.2 Å². The molecule has 24 heavy (non-hydrogen) atoms. The molecule has 2 saturated heterocycles. The molecule has 0 aliphatic carbocycles. The Morgan fingerprint density at radius 2 is 2.04 bits per heavy atom. The predicted octanol–water partition coefficient (Wildman–Crippen LogP) is 2.70. The summed E-state index contributed by atoms with van der Waals surface area (Å²) in [5.41, 5.74) is 3.24. The van der Waals surface area contributed by atoms with E-state index >= 15 is 0 Å². The molecule has 2 atom stereocenters. The van der Waals surface area contributed by atoms with Crippen LogP contribution in [0.4, 0.5) is 5.69 Å². The second-order valence-corrected chi connectivity index (χ2v) is 9.84. The highest BCUT2D eigenvalue weighted by Gasteiger charge is 2.49. The monoisotopic (exact) mass is 366 g/mol. The summed E-state index contributed by atoms with van der Waals surface area (Å²) in [4.78, 5) is 18.2. The molecule has 0 spiro atoms. The maximum absolute atomic E-state index is 12.0. The summed E-state index contributed by atoms with van der Waals surface area (Å²) < 4.78 is 24.1. The molecular formula is C17H22N2O3S2. The smallest absolute Gasteiger partial charge is 0.248 e. The topological polar surface area (TPSA) is 66.8 Å². The highest BCUT2D eigenvalue weighted by molar-refractivity contribution is 8.16. The van der Waals surface area contributed by atoms with E-state index in [1.54, 1.807) is 0 Å². The van der Waals surface area contributed by atoms with Gasteiger partial charge in [-0.3, -0.25) is 4.79 Å². The number of amidine groups is 1. The first-order chi connectivity index (χ1) is 11.3. The second-order valence-electron chi connectivity index (χ2n) is 6.48. The normalized spacial score (nSPS) is 26.8. The second kappa shape index (κ2) is 6.52. The molecule has 1 aromatic carbocycles. The Kier molecular flexibility index (Phi) is 4.75. The summed E-state index contributed by atoms with van der Waals surface area (Å²) in [5, 5.41) is 0.589. The summed E-state index contributed by atoms with van der Waals surface area (Å²) in [5.74, 6) is 0.139. The number of hydrogen-bond acceptors (Lipinski definition) is 4. The van der Waals surface area contributed by atoms with E-state index in [0.717, 1.165) is 17.7 Å². The number of carbonyl (C=O) groups is 1. The molecule has 1 amide bonds. The summed E-state index contributed by atoms with van der Waals surface area (Å²) in [6.07, 6.45) is 1.17. The minimum atomic E-state index is -3.03. The first-order valence-electron chi connectivity index (χ1n) is 8.16. The molecule has 130 valence electrons. The lowest BCUT2D eigenvalue weighted by Gasteiger charge is -2.25. The fourth-order valence-electron chi connectivity index (χ4n) is 3.12. The average molecular weight is 367 g/mol. The summed E-state index contributed by atoms with van der Waals surface area (Å²) in [6.45, 7) is 6.02. The quantitative estimate of drug-likeness (QED) is 0.823. The lowest BCUT2D eigenvalue weighted by atomic mass is 10.1. The van der Waals surface area contributed by atoms with Crippen LogP contribution in [-0.4, -0.2) is 42.3 Å². The molecule has 0 radical (unpaired) electrons. The van der Waals surface area contributed by atoms with E-state index in [-0.39, 0.29) is 28.7 Å². The Morgan fingerprint density at radius 1 is 1.29 bits per heavy atom. The third kappa shape index (κ3) is 3.37. The fraction of sp³-hybridized carbons (Fsp3) is 0.529. The van der Waals surface area contributed by atoms with E-state index in [4.69, 9.17) is 0 Å². The first kappa shape index (κ1) is 17.5. The van der Waals surface area contributed by atoms with Crippen molar-refractivity contribution in [2.45, 2.75) is 44.9 Å². The molecule has 0 saturated carbocycles. The van der Waals surface area contributed by atoms with Crippen LogP contribution < -0.4 is 4.90 Å². The number of carbonyl (C=O) groups excluding carboxylic acids is 1. The van der Waals surface area contributed by atoms with E-state index in [2.05, 4.69) is 4.99 Å². The van der Waals surface area contributed by atoms with Crippen LogP contribution in [-0.2, 0) is 14.6 Å². The molecule has 2 aliphatic heterocycles. The molecule has 1 aromatic rings. The van der Waals surface area contributed by atoms with E-state index in [0.29, 0.717) is 11.6 Å². The van der Waals surface area contributed by atoms with Gasteiger partial charge >= 0.3 is 0 Å². The highest BCUT2D eigenvalue weighted by Crippen LogP contribution is 2.41. The minimum absolute atomic E-state index is 0.0511. The number of benzene rings is 1. The van der Waals surface area contributed by atoms with E-state index in [1.165, 1.54) is 17.3 Å². The van der Waals surface area contributed by atoms with Gasteiger partial charge in [-0.1, -0.05) is 24.8 Å². The van der Waals surface area contributed by atoms with Gasteiger partial charge in [-0.2, -0.15) is 4.99 Å². The molecule has 0 unspecified atom stereocenters. The average Bonchev–Trinajstić information content (AvgIpc) is 2.93. The van der Waals surface area contributed by atoms with Crippen molar-refractivity contribution in [1.82, 2.24) is 0 Å². The van der Waals surface area contributed by atoms with Gasteiger partial charge in [-0.25, -0.2) is 8.42 Å². The number of amides is 1. The van der Waals surface area contributed by atoms with Gasteiger partial charge in [0.05, 0.1) is 17.5 Å². The van der Waals surface area contributed by atoms with Crippen LogP contribution in [0, 0.1) is 13.8 Å². The Hall–Kier alpha value is -1.34. The number of rotatable bonds is 3. The van der Waals surface area contributed by atoms with Crippen LogP contribution in [0.1, 0.15) is 30.9 Å². The zero-order valence-electron chi connectivity index (χ0n) is 14.2. The molecule has 0 N–H and O–H groups in total. The maximum atomic E-state index is 12.0. The van der Waals surface area contributed by atoms with Crippen LogP contribution in [0.25, 0.3) is 0 Å². The Bertz CT molecular complexity index is 802. The van der Waals surface area contributed by atoms with Crippen LogP contribution in [0.5, 0.6) is 0 Å². The lowest BCUT2D eigenvalue weighted by Crippen LogP contribution is -2.37. The summed E-state index contributed by atoms with van der Waals surface area (Å²) in [7, 11) is -3.03. The van der Waals surface area contributed by atoms with E-state index in [9.17, 15) is 13.2 Å². The van der Waals surface area contributed by atoms with Crippen molar-refractivity contribution in [3.05, 3.63) is 29.3 Å². The minimum Gasteiger partial charge on any atom is -0.316 e. The zero-order chi connectivity index (χ0) is 17.5. The standard InChI is InChI=1S/C17H22N2O3S2/c1-4-5-16(20)18-17-19(13-7-6-11(2)12(3)8-13)14-9-24(21,22)10-15(14)23-17/h6-8,14-15H,4-5,9-10H2,1-3H3/t14-,15+/m0/s1. The fourth-order valence-corrected chi connectivity index (χ4v) is 7.05. The van der Waals surface area contributed by atoms with Crippen LogP contribution in [0.3, 0.4) is 0 Å². The van der Waals surface area contributed by atoms with E-state index in [1.807, 2.05) is 43.9 Å². The maximum Gasteiger partial charge on any atom is 0.248 e. The van der Waals surface area contributed by atoms with Gasteiger partial charge < -0.3 is 4.90 Å². The molecular weight excluding hydrogens is 344 g/mol. The SMILES string of the molecule is CCCC(=O)N=C1S[C@@H]2CS(=O)(=O)C[C@@H]2N1c1ccc(C)c(C)c1. The molecule has 7 heteroatoms. The van der Waals surface area contributed by atoms with Crippen molar-refractivity contribution in [2.24, 2.45) is 4.99 Å². The van der Waals surface area contributed by atoms with Gasteiger partial charge in [-0.05, 0) is 43.5 Å². The summed E-state index contributed by atoms with van der Waals surface area (Å²) in [6, 6.07) is 5.91. The predicted molar refractivity (Wildman–Crippen MR) is 99.6 cm³/mol. The van der Waals surface area contributed by atoms with Crippen molar-refractivity contribution >= 4 is 38.4 Å². The number of anilines is 1. The lowest BCUT2D eigenvalue weighted by molar-refractivity contribution is -0.117. The zero-order valence-corrected chi connectivity index (χ0v) is 15.8. The third-order valence-corrected chi connectivity index (χ3v) is 7.73. The van der Waals surface area contributed by atoms with Gasteiger partial charge in [0.25, 0.3) is 0 Å². The van der Waals surface area contributed by atoms with Crippen LogP contribution >= 0.6 is 11.8 Å². The molecule has 2 fully saturated rings. The number of fused-ring (bicyclic) bond motifs is 1. The van der Waals surface area contributed by atoms with Gasteiger partial charge in [-0.15, -0.1) is 0 Å². The molecule has 3 rings (SSSR count). The molecule has 0 aromatic heterocycles. The van der Waals surface area contributed by atoms with Crippen molar-refractivity contribution in [1.29, 1.82) is 0 Å². The highest BCUT2D eigenvalue weighted by atomic mass is 32.2. The van der Waals surface area contributed by atoms with Crippen molar-refractivity contribution in [3.63, 3.8) is 0 Å². The van der Waals surface area contributed by atoms with Crippen molar-refractivity contribution in [2.75, 3.05) is 16.4 Å². The Labute approximate surface area is 147 Å². The van der Waals surface area contributed by atoms with E-state index < -0.39 is 9.84 Å². The number of aliphatic imine (C=N–C) groups is 1. The molecule has 5 nitrogen and oxygen atoms in total. The number of aryl methyl sites for hydroxylation is 2. The van der Waals surface area contributed by atoms with Gasteiger partial charge in [0, 0.05) is 17.4 Å². The first-order valence-corrected chi connectivity index (χ1v) is 10.9. The van der Waals surface area contributed by atoms with Gasteiger partial charge in [0.15, 0.2) is 15.0 Å². The summed E-state index contributed by atoms with van der Waals surface area (Å²) >= 11 is 1.43. The largest absolute Gasteiger partial charge is 0.316 e. The third-order valence-electron chi connectivity index (χ3n) is 4.52. The number of sulfone groups is 1. The van der Waals surface area contributed by atoms with Crippen molar-refractivity contribution in [3.8, 4) is 0 Å². The Morgan fingerprint density at radius 3 is 2.71 bits per heavy atom. The van der Waals surface area contributed by atoms with Gasteiger partial charge in [0.2, 0.25) is 5.91 Å².